The quantitative estimate of drug-likeness (QED) is 0.318. The number of amides is 2. The summed E-state index contributed by atoms with van der Waals surface area (Å²) in [4.78, 5) is 30.8. The van der Waals surface area contributed by atoms with Crippen molar-refractivity contribution in [2.75, 3.05) is 54.4 Å². The molecule has 3 aromatic rings. The lowest BCUT2D eigenvalue weighted by Crippen LogP contribution is -2.60. The lowest BCUT2D eigenvalue weighted by atomic mass is 9.89. The molecule has 8 rings (SSSR count). The molecule has 1 aromatic heterocycles. The number of aromatic nitrogens is 2. The molecule has 3 saturated heterocycles. The number of nitrogens with one attached hydrogen (secondary N) is 2. The molecule has 0 spiro atoms. The first kappa shape index (κ1) is 32.8. The first-order chi connectivity index (χ1) is 24.3. The maximum absolute atomic E-state index is 15.1. The monoisotopic (exact) mass is 687 g/mol. The number of fused-ring (bicyclic) bond motifs is 3. The van der Waals surface area contributed by atoms with Crippen LogP contribution >= 0.6 is 0 Å². The highest BCUT2D eigenvalue weighted by Gasteiger charge is 2.38. The van der Waals surface area contributed by atoms with Gasteiger partial charge in [0.2, 0.25) is 11.8 Å². The number of piperidine rings is 2. The fraction of sp³-hybridized carbons (Fsp3) is 0.514. The smallest absolute Gasteiger partial charge is 0.234 e. The van der Waals surface area contributed by atoms with Gasteiger partial charge in [0, 0.05) is 68.5 Å². The molecule has 13 heteroatoms. The number of ether oxygens (including phenoxy) is 1. The number of nitrogens with zero attached hydrogens (tertiary/aromatic N) is 5. The Morgan fingerprint density at radius 1 is 0.840 bits per heavy atom. The van der Waals surface area contributed by atoms with E-state index in [1.54, 1.807) is 12.1 Å². The minimum absolute atomic E-state index is 0.0670. The Kier molecular flexibility index (Phi) is 9.02. The van der Waals surface area contributed by atoms with Crippen LogP contribution in [0.15, 0.2) is 42.5 Å². The van der Waals surface area contributed by atoms with Gasteiger partial charge in [-0.2, -0.15) is 0 Å². The molecular formula is C37H43F2N7O4. The molecule has 4 aliphatic heterocycles. The topological polar surface area (TPSA) is 123 Å². The number of phenols is 1. The number of benzene rings is 2. The van der Waals surface area contributed by atoms with Crippen LogP contribution in [0, 0.1) is 11.6 Å². The van der Waals surface area contributed by atoms with Crippen molar-refractivity contribution in [2.45, 2.75) is 81.6 Å². The van der Waals surface area contributed by atoms with E-state index >= 15 is 8.78 Å². The summed E-state index contributed by atoms with van der Waals surface area (Å²) in [5, 5.41) is 24.8. The Morgan fingerprint density at radius 2 is 1.58 bits per heavy atom. The van der Waals surface area contributed by atoms with Gasteiger partial charge in [-0.05, 0) is 75.3 Å². The second-order valence-electron chi connectivity index (χ2n) is 14.3. The average molecular weight is 688 g/mol. The fourth-order valence-electron chi connectivity index (χ4n) is 8.59. The summed E-state index contributed by atoms with van der Waals surface area (Å²) in [6.45, 7) is 4.96. The first-order valence-electron chi connectivity index (χ1n) is 17.9. The molecule has 1 aliphatic carbocycles. The summed E-state index contributed by atoms with van der Waals surface area (Å²) >= 11 is 0. The van der Waals surface area contributed by atoms with Crippen molar-refractivity contribution in [1.82, 2.24) is 20.4 Å². The first-order valence-corrected chi connectivity index (χ1v) is 17.9. The minimum Gasteiger partial charge on any atom is -0.507 e. The van der Waals surface area contributed by atoms with Gasteiger partial charge >= 0.3 is 0 Å². The Labute approximate surface area is 290 Å². The molecule has 4 fully saturated rings. The van der Waals surface area contributed by atoms with Gasteiger partial charge in [0.25, 0.3) is 0 Å². The second-order valence-corrected chi connectivity index (χ2v) is 14.3. The zero-order valence-corrected chi connectivity index (χ0v) is 28.0. The van der Waals surface area contributed by atoms with E-state index in [9.17, 15) is 14.7 Å². The van der Waals surface area contributed by atoms with Crippen molar-refractivity contribution < 1.29 is 28.2 Å². The number of aromatic hydroxyl groups is 1. The number of para-hydroxylation sites is 1. The third-order valence-electron chi connectivity index (χ3n) is 11.3. The number of hydrogen-bond acceptors (Lipinski definition) is 10. The molecular weight excluding hydrogens is 644 g/mol. The SMILES string of the molecule is O=C1CCC(c2c(F)cc(N3CCC(OC4CCC(N5CCN6c7cc(-c8ccccc8O)nnc7NCC6C5)CC4)CC3)cc2F)C(=O)N1. The lowest BCUT2D eigenvalue weighted by Gasteiger charge is -2.49. The minimum atomic E-state index is -0.997. The summed E-state index contributed by atoms with van der Waals surface area (Å²) in [6, 6.07) is 12.7. The Morgan fingerprint density at radius 3 is 2.32 bits per heavy atom. The van der Waals surface area contributed by atoms with Crippen LogP contribution in [-0.2, 0) is 14.3 Å². The molecule has 1 saturated carbocycles. The van der Waals surface area contributed by atoms with E-state index in [0.717, 1.165) is 76.2 Å². The normalized spacial score (nSPS) is 26.2. The molecule has 50 heavy (non-hydrogen) atoms. The van der Waals surface area contributed by atoms with Crippen LogP contribution in [0.5, 0.6) is 5.75 Å². The van der Waals surface area contributed by atoms with Crippen molar-refractivity contribution in [1.29, 1.82) is 0 Å². The predicted molar refractivity (Wildman–Crippen MR) is 184 cm³/mol. The number of anilines is 3. The average Bonchev–Trinajstić information content (AvgIpc) is 3.12. The predicted octanol–water partition coefficient (Wildman–Crippen LogP) is 4.56. The number of carbonyl (C=O) groups excluding carboxylic acids is 2. The van der Waals surface area contributed by atoms with Gasteiger partial charge in [-0.15, -0.1) is 10.2 Å². The van der Waals surface area contributed by atoms with Crippen LogP contribution in [0.25, 0.3) is 11.3 Å². The molecule has 0 bridgehead atoms. The molecule has 2 aromatic carbocycles. The third-order valence-corrected chi connectivity index (χ3v) is 11.3. The number of imide groups is 1. The number of hydrogen-bond donors (Lipinski definition) is 3. The number of rotatable bonds is 6. The van der Waals surface area contributed by atoms with Gasteiger partial charge in [-0.25, -0.2) is 8.78 Å². The van der Waals surface area contributed by atoms with Gasteiger partial charge in [0.05, 0.1) is 35.5 Å². The van der Waals surface area contributed by atoms with Crippen molar-refractivity contribution in [3.63, 3.8) is 0 Å². The molecule has 5 aliphatic rings. The highest BCUT2D eigenvalue weighted by molar-refractivity contribution is 6.01. The molecule has 264 valence electrons. The van der Waals surface area contributed by atoms with E-state index < -0.39 is 29.4 Å². The van der Waals surface area contributed by atoms with Crippen molar-refractivity contribution >= 4 is 29.0 Å². The summed E-state index contributed by atoms with van der Waals surface area (Å²) in [7, 11) is 0. The molecule has 2 atom stereocenters. The zero-order valence-electron chi connectivity index (χ0n) is 28.0. The van der Waals surface area contributed by atoms with Crippen LogP contribution in [0.4, 0.5) is 26.0 Å². The van der Waals surface area contributed by atoms with Crippen molar-refractivity contribution in [3.8, 4) is 17.0 Å². The summed E-state index contributed by atoms with van der Waals surface area (Å²) < 4.78 is 36.8. The van der Waals surface area contributed by atoms with E-state index in [2.05, 4.69) is 30.6 Å². The maximum atomic E-state index is 15.1. The third kappa shape index (κ3) is 6.48. The van der Waals surface area contributed by atoms with Crippen LogP contribution in [0.3, 0.4) is 0 Å². The van der Waals surface area contributed by atoms with Gasteiger partial charge in [0.15, 0.2) is 5.82 Å². The number of halogens is 2. The van der Waals surface area contributed by atoms with Crippen LogP contribution in [0.1, 0.15) is 62.8 Å². The number of carbonyl (C=O) groups is 2. The van der Waals surface area contributed by atoms with Gasteiger partial charge in [-0.1, -0.05) is 12.1 Å². The summed E-state index contributed by atoms with van der Waals surface area (Å²) in [6.07, 6.45) is 6.32. The van der Waals surface area contributed by atoms with Gasteiger partial charge in [-0.3, -0.25) is 19.8 Å². The molecule has 11 nitrogen and oxygen atoms in total. The van der Waals surface area contributed by atoms with E-state index in [-0.39, 0.29) is 36.4 Å². The highest BCUT2D eigenvalue weighted by atomic mass is 19.1. The second kappa shape index (κ2) is 13.7. The standard InChI is InChI=1S/C37H43F2N7O4/c38-29-17-23(18-30(39)35(29)28-9-10-34(48)41-37(28)49)44-13-11-26(12-14-44)50-25-7-5-22(6-8-25)45-15-16-46-24(21-45)20-40-36-32(46)19-31(42-43-36)27-3-1-2-4-33(27)47/h1-4,17-19,22,24-26,28,47H,5-16,20-21H2,(H,40,43)(H,41,48,49). The van der Waals surface area contributed by atoms with Crippen LogP contribution < -0.4 is 20.4 Å². The lowest BCUT2D eigenvalue weighted by molar-refractivity contribution is -0.134. The van der Waals surface area contributed by atoms with E-state index in [0.29, 0.717) is 42.1 Å². The van der Waals surface area contributed by atoms with Crippen molar-refractivity contribution in [3.05, 3.63) is 59.7 Å². The molecule has 5 heterocycles. The number of piperazine rings is 1. The Bertz CT molecular complexity index is 1740. The summed E-state index contributed by atoms with van der Waals surface area (Å²) in [5.74, 6) is -2.57. The molecule has 2 unspecified atom stereocenters. The van der Waals surface area contributed by atoms with E-state index in [1.165, 1.54) is 12.1 Å². The van der Waals surface area contributed by atoms with Gasteiger partial charge in [0.1, 0.15) is 17.4 Å². The van der Waals surface area contributed by atoms with E-state index in [4.69, 9.17) is 4.74 Å². The fourth-order valence-corrected chi connectivity index (χ4v) is 8.59. The van der Waals surface area contributed by atoms with Crippen LogP contribution in [0.2, 0.25) is 0 Å². The van der Waals surface area contributed by atoms with Crippen molar-refractivity contribution in [2.24, 2.45) is 0 Å². The summed E-state index contributed by atoms with van der Waals surface area (Å²) in [5.41, 5.74) is 2.59. The van der Waals surface area contributed by atoms with E-state index in [1.807, 2.05) is 23.1 Å². The van der Waals surface area contributed by atoms with Crippen LogP contribution in [-0.4, -0.2) is 95.6 Å². The molecule has 3 N–H and O–H groups in total. The molecule has 0 radical (unpaired) electrons. The molecule has 2 amide bonds. The Balaban J connectivity index is 0.811. The number of phenolic OH excluding ortho intramolecular Hbond substituents is 1. The Hall–Kier alpha value is -4.36. The maximum Gasteiger partial charge on any atom is 0.234 e. The highest BCUT2D eigenvalue weighted by Crippen LogP contribution is 2.38. The van der Waals surface area contributed by atoms with Gasteiger partial charge < -0.3 is 25.0 Å². The zero-order chi connectivity index (χ0) is 34.4. The largest absolute Gasteiger partial charge is 0.507 e.